The highest BCUT2D eigenvalue weighted by Gasteiger charge is 2.50. The van der Waals surface area contributed by atoms with Crippen molar-refractivity contribution in [3.05, 3.63) is 83.7 Å². The summed E-state index contributed by atoms with van der Waals surface area (Å²) in [4.78, 5) is 25.6. The standard InChI is InChI=1S/C40H59N5O2/c1-32(2)45(37-21-27-44(28-22-37)30-33-29-42-23-19-38(33)47-3)25-14-6-4-5-13-24-43-26-20-36(31-43)40(39(41)46,34-15-9-7-10-16-34)35-17-11-8-12-18-35/h7-11,15-17,19,23,29,32,36-37H,4-6,12-14,18,20-22,24-28,30-31H2,1-3H3,(H2,41,46)/t36-,40?/m1/s1. The average Bonchev–Trinajstić information content (AvgIpc) is 3.56. The molecule has 7 heteroatoms. The van der Waals surface area contributed by atoms with E-state index in [2.05, 4.69) is 63.9 Å². The van der Waals surface area contributed by atoms with Gasteiger partial charge in [-0.15, -0.1) is 0 Å². The maximum atomic E-state index is 13.4. The van der Waals surface area contributed by atoms with Gasteiger partial charge in [0.25, 0.3) is 0 Å². The summed E-state index contributed by atoms with van der Waals surface area (Å²) >= 11 is 0. The molecular formula is C40H59N5O2. The van der Waals surface area contributed by atoms with Gasteiger partial charge in [-0.25, -0.2) is 0 Å². The summed E-state index contributed by atoms with van der Waals surface area (Å²) in [6.45, 7) is 12.2. The van der Waals surface area contributed by atoms with E-state index >= 15 is 0 Å². The molecule has 2 aromatic rings. The number of aromatic nitrogens is 1. The molecule has 1 aromatic heterocycles. The molecule has 5 rings (SSSR count). The molecule has 0 saturated carbocycles. The smallest absolute Gasteiger partial charge is 0.232 e. The molecule has 3 aliphatic rings. The van der Waals surface area contributed by atoms with Gasteiger partial charge in [0.15, 0.2) is 0 Å². The SMILES string of the molecule is COc1ccncc1CN1CCC(N(CCCCCCCN2CC[C@@H](C(C(N)=O)(C3=CC=CCC3)c3ccccc3)C2)C(C)C)CC1. The van der Waals surface area contributed by atoms with Crippen LogP contribution in [0.5, 0.6) is 5.75 Å². The lowest BCUT2D eigenvalue weighted by molar-refractivity contribution is -0.124. The Morgan fingerprint density at radius 2 is 1.77 bits per heavy atom. The number of unbranched alkanes of at least 4 members (excludes halogenated alkanes) is 4. The summed E-state index contributed by atoms with van der Waals surface area (Å²) < 4.78 is 5.55. The molecule has 1 unspecified atom stereocenters. The van der Waals surface area contributed by atoms with Gasteiger partial charge in [-0.05, 0) is 115 Å². The van der Waals surface area contributed by atoms with Gasteiger partial charge in [0.05, 0.1) is 12.5 Å². The first-order valence-corrected chi connectivity index (χ1v) is 18.3. The quantitative estimate of drug-likeness (QED) is 0.193. The second-order valence-corrected chi connectivity index (χ2v) is 14.3. The molecular weight excluding hydrogens is 582 g/mol. The Bertz CT molecular complexity index is 1320. The van der Waals surface area contributed by atoms with Gasteiger partial charge < -0.3 is 15.4 Å². The predicted octanol–water partition coefficient (Wildman–Crippen LogP) is 6.74. The molecule has 2 aliphatic heterocycles. The third-order valence-electron chi connectivity index (χ3n) is 11.1. The number of likely N-dealkylation sites (tertiary alicyclic amines) is 2. The second kappa shape index (κ2) is 17.4. The molecule has 2 N–H and O–H groups in total. The van der Waals surface area contributed by atoms with Gasteiger partial charge in [0.1, 0.15) is 5.75 Å². The van der Waals surface area contributed by atoms with Gasteiger partial charge in [0, 0.05) is 43.1 Å². The van der Waals surface area contributed by atoms with Crippen molar-refractivity contribution >= 4 is 5.91 Å². The number of hydrogen-bond acceptors (Lipinski definition) is 6. The third kappa shape index (κ3) is 8.73. The predicted molar refractivity (Wildman–Crippen MR) is 192 cm³/mol. The monoisotopic (exact) mass is 641 g/mol. The number of amides is 1. The fraction of sp³-hybridized carbons (Fsp3) is 0.600. The van der Waals surface area contributed by atoms with E-state index in [-0.39, 0.29) is 11.8 Å². The lowest BCUT2D eigenvalue weighted by Gasteiger charge is -2.40. The minimum Gasteiger partial charge on any atom is -0.496 e. The Labute approximate surface area is 284 Å². The molecule has 1 aromatic carbocycles. The Balaban J connectivity index is 1.03. The van der Waals surface area contributed by atoms with Crippen molar-refractivity contribution in [3.8, 4) is 5.75 Å². The van der Waals surface area contributed by atoms with Crippen LogP contribution in [-0.2, 0) is 16.8 Å². The zero-order valence-electron chi connectivity index (χ0n) is 29.3. The Morgan fingerprint density at radius 1 is 1.02 bits per heavy atom. The molecule has 3 heterocycles. The van der Waals surface area contributed by atoms with Crippen LogP contribution < -0.4 is 10.5 Å². The van der Waals surface area contributed by atoms with Crippen LogP contribution in [0.2, 0.25) is 0 Å². The average molecular weight is 642 g/mol. The zero-order valence-corrected chi connectivity index (χ0v) is 29.3. The molecule has 0 radical (unpaired) electrons. The summed E-state index contributed by atoms with van der Waals surface area (Å²) in [7, 11) is 1.74. The number of hydrogen-bond donors (Lipinski definition) is 1. The van der Waals surface area contributed by atoms with Gasteiger partial charge in [-0.1, -0.05) is 67.8 Å². The van der Waals surface area contributed by atoms with Crippen molar-refractivity contribution in [1.82, 2.24) is 19.7 Å². The van der Waals surface area contributed by atoms with Crippen molar-refractivity contribution < 1.29 is 9.53 Å². The maximum absolute atomic E-state index is 13.4. The molecule has 2 atom stereocenters. The van der Waals surface area contributed by atoms with E-state index in [1.165, 1.54) is 62.6 Å². The van der Waals surface area contributed by atoms with Crippen molar-refractivity contribution in [2.24, 2.45) is 11.7 Å². The van der Waals surface area contributed by atoms with Gasteiger partial charge in [0.2, 0.25) is 5.91 Å². The van der Waals surface area contributed by atoms with Gasteiger partial charge >= 0.3 is 0 Å². The molecule has 2 saturated heterocycles. The Morgan fingerprint density at radius 3 is 2.47 bits per heavy atom. The number of benzene rings is 1. The maximum Gasteiger partial charge on any atom is 0.232 e. The number of piperidine rings is 1. The minimum atomic E-state index is -0.716. The molecule has 2 fully saturated rings. The number of ether oxygens (including phenoxy) is 1. The number of nitrogens with two attached hydrogens (primary N) is 1. The highest BCUT2D eigenvalue weighted by Crippen LogP contribution is 2.46. The lowest BCUT2D eigenvalue weighted by atomic mass is 9.62. The number of allylic oxidation sites excluding steroid dienone is 3. The van der Waals surface area contributed by atoms with Crippen molar-refractivity contribution in [1.29, 1.82) is 0 Å². The first kappa shape index (κ1) is 35.3. The fourth-order valence-electron chi connectivity index (χ4n) is 8.61. The van der Waals surface area contributed by atoms with Crippen molar-refractivity contribution in [2.75, 3.05) is 46.4 Å². The number of pyridine rings is 1. The summed E-state index contributed by atoms with van der Waals surface area (Å²) in [5.74, 6) is 0.963. The Kier molecular flexibility index (Phi) is 13.1. The van der Waals surface area contributed by atoms with E-state index in [1.807, 2.05) is 30.5 Å². The zero-order chi connectivity index (χ0) is 33.1. The van der Waals surface area contributed by atoms with Crippen LogP contribution in [0.3, 0.4) is 0 Å². The number of nitrogens with zero attached hydrogens (tertiary/aromatic N) is 4. The Hall–Kier alpha value is -3.00. The summed E-state index contributed by atoms with van der Waals surface area (Å²) in [6, 6.07) is 13.6. The number of primary amides is 1. The van der Waals surface area contributed by atoms with Crippen molar-refractivity contribution in [2.45, 2.75) is 102 Å². The molecule has 47 heavy (non-hydrogen) atoms. The van der Waals surface area contributed by atoms with Crippen LogP contribution in [0.15, 0.2) is 72.6 Å². The van der Waals surface area contributed by atoms with Crippen LogP contribution in [0.1, 0.15) is 89.2 Å². The van der Waals surface area contributed by atoms with E-state index in [1.54, 1.807) is 13.3 Å². The molecule has 0 bridgehead atoms. The van der Waals surface area contributed by atoms with E-state index in [4.69, 9.17) is 10.5 Å². The van der Waals surface area contributed by atoms with Crippen LogP contribution >= 0.6 is 0 Å². The summed E-state index contributed by atoms with van der Waals surface area (Å²) in [5.41, 5.74) is 9.04. The first-order chi connectivity index (χ1) is 22.9. The second-order valence-electron chi connectivity index (χ2n) is 14.3. The summed E-state index contributed by atoms with van der Waals surface area (Å²) in [5, 5.41) is 0. The van der Waals surface area contributed by atoms with E-state index < -0.39 is 5.41 Å². The highest BCUT2D eigenvalue weighted by molar-refractivity contribution is 5.91. The molecule has 0 spiro atoms. The van der Waals surface area contributed by atoms with Gasteiger partial charge in [-0.3, -0.25) is 19.6 Å². The van der Waals surface area contributed by atoms with Crippen LogP contribution in [0.4, 0.5) is 0 Å². The topological polar surface area (TPSA) is 74.9 Å². The highest BCUT2D eigenvalue weighted by atomic mass is 16.5. The van der Waals surface area contributed by atoms with Gasteiger partial charge in [-0.2, -0.15) is 0 Å². The first-order valence-electron chi connectivity index (χ1n) is 18.3. The molecule has 7 nitrogen and oxygen atoms in total. The number of carbonyl (C=O) groups is 1. The minimum absolute atomic E-state index is 0.191. The van der Waals surface area contributed by atoms with Crippen LogP contribution in [0.25, 0.3) is 0 Å². The number of carbonyl (C=O) groups excluding carboxylic acids is 1. The van der Waals surface area contributed by atoms with E-state index in [0.717, 1.165) is 69.8 Å². The van der Waals surface area contributed by atoms with Crippen molar-refractivity contribution in [3.63, 3.8) is 0 Å². The van der Waals surface area contributed by atoms with Crippen LogP contribution in [0, 0.1) is 5.92 Å². The molecule has 1 aliphatic carbocycles. The number of methoxy groups -OCH3 is 1. The van der Waals surface area contributed by atoms with E-state index in [9.17, 15) is 4.79 Å². The third-order valence-corrected chi connectivity index (χ3v) is 11.1. The molecule has 1 amide bonds. The fourth-order valence-corrected chi connectivity index (χ4v) is 8.61. The van der Waals surface area contributed by atoms with Crippen LogP contribution in [-0.4, -0.2) is 84.1 Å². The summed E-state index contributed by atoms with van der Waals surface area (Å²) in [6.07, 6.45) is 21.9. The van der Waals surface area contributed by atoms with E-state index in [0.29, 0.717) is 12.1 Å². The number of rotatable bonds is 17. The lowest BCUT2D eigenvalue weighted by Crippen LogP contribution is -2.50. The normalized spacial score (nSPS) is 20.9. The largest absolute Gasteiger partial charge is 0.496 e. The molecule has 256 valence electrons.